The van der Waals surface area contributed by atoms with Crippen LogP contribution in [0.25, 0.3) is 0 Å². The van der Waals surface area contributed by atoms with Crippen LogP contribution < -0.4 is 0 Å². The standard InChI is InChI=1S/C20H22F2/c1-2-14-3-5-15(6-4-14)7-8-16-9-10-17-12-19(21)20(22)13-18(17)11-16/h3-6,12-13,16H,2,7-11H2,1H3. The van der Waals surface area contributed by atoms with Crippen LogP contribution in [0.15, 0.2) is 36.4 Å². The summed E-state index contributed by atoms with van der Waals surface area (Å²) in [6, 6.07) is 11.6. The van der Waals surface area contributed by atoms with Gasteiger partial charge in [-0.2, -0.15) is 0 Å². The van der Waals surface area contributed by atoms with E-state index in [9.17, 15) is 8.78 Å². The molecule has 0 heterocycles. The van der Waals surface area contributed by atoms with Crippen LogP contribution in [-0.2, 0) is 25.7 Å². The molecule has 0 radical (unpaired) electrons. The van der Waals surface area contributed by atoms with Crippen LogP contribution >= 0.6 is 0 Å². The minimum Gasteiger partial charge on any atom is -0.204 e. The number of benzene rings is 2. The topological polar surface area (TPSA) is 0 Å². The molecule has 1 aliphatic rings. The second kappa shape index (κ2) is 6.60. The summed E-state index contributed by atoms with van der Waals surface area (Å²) in [7, 11) is 0. The normalized spacial score (nSPS) is 17.3. The fraction of sp³-hybridized carbons (Fsp3) is 0.400. The van der Waals surface area contributed by atoms with Crippen molar-refractivity contribution in [2.24, 2.45) is 5.92 Å². The summed E-state index contributed by atoms with van der Waals surface area (Å²) in [6.45, 7) is 2.16. The Morgan fingerprint density at radius 1 is 0.955 bits per heavy atom. The van der Waals surface area contributed by atoms with Crippen molar-refractivity contribution in [2.75, 3.05) is 0 Å². The van der Waals surface area contributed by atoms with Gasteiger partial charge >= 0.3 is 0 Å². The zero-order valence-corrected chi connectivity index (χ0v) is 13.0. The maximum Gasteiger partial charge on any atom is 0.159 e. The molecule has 1 aliphatic carbocycles. The van der Waals surface area contributed by atoms with E-state index in [1.54, 1.807) is 0 Å². The molecule has 116 valence electrons. The van der Waals surface area contributed by atoms with Crippen molar-refractivity contribution in [3.8, 4) is 0 Å². The predicted molar refractivity (Wildman–Crippen MR) is 86.0 cm³/mol. The van der Waals surface area contributed by atoms with Crippen LogP contribution in [0.4, 0.5) is 8.78 Å². The number of aryl methyl sites for hydroxylation is 3. The predicted octanol–water partition coefficient (Wildman–Crippen LogP) is 5.26. The molecule has 0 saturated heterocycles. The van der Waals surface area contributed by atoms with Gasteiger partial charge in [0.15, 0.2) is 11.6 Å². The summed E-state index contributed by atoms with van der Waals surface area (Å²) >= 11 is 0. The molecule has 22 heavy (non-hydrogen) atoms. The highest BCUT2D eigenvalue weighted by atomic mass is 19.2. The highest BCUT2D eigenvalue weighted by Crippen LogP contribution is 2.30. The van der Waals surface area contributed by atoms with Crippen molar-refractivity contribution in [1.82, 2.24) is 0 Å². The van der Waals surface area contributed by atoms with Crippen LogP contribution in [0.2, 0.25) is 0 Å². The van der Waals surface area contributed by atoms with Crippen LogP contribution in [0, 0.1) is 17.6 Å². The molecule has 1 atom stereocenters. The van der Waals surface area contributed by atoms with Gasteiger partial charge in [0.25, 0.3) is 0 Å². The lowest BCUT2D eigenvalue weighted by Crippen LogP contribution is -2.16. The van der Waals surface area contributed by atoms with Gasteiger partial charge in [-0.15, -0.1) is 0 Å². The number of fused-ring (bicyclic) bond motifs is 1. The van der Waals surface area contributed by atoms with Gasteiger partial charge in [0, 0.05) is 0 Å². The summed E-state index contributed by atoms with van der Waals surface area (Å²) in [5.41, 5.74) is 4.72. The zero-order chi connectivity index (χ0) is 15.5. The maximum absolute atomic E-state index is 13.4. The quantitative estimate of drug-likeness (QED) is 0.722. The van der Waals surface area contributed by atoms with Gasteiger partial charge in [-0.05, 0) is 78.8 Å². The number of rotatable bonds is 4. The van der Waals surface area contributed by atoms with Crippen molar-refractivity contribution >= 4 is 0 Å². The molecule has 1 unspecified atom stereocenters. The van der Waals surface area contributed by atoms with Crippen molar-refractivity contribution in [1.29, 1.82) is 0 Å². The van der Waals surface area contributed by atoms with E-state index in [1.807, 2.05) is 0 Å². The molecule has 2 heteroatoms. The summed E-state index contributed by atoms with van der Waals surface area (Å²) in [5, 5.41) is 0. The van der Waals surface area contributed by atoms with Gasteiger partial charge < -0.3 is 0 Å². The molecule has 0 fully saturated rings. The van der Waals surface area contributed by atoms with Gasteiger partial charge in [0.2, 0.25) is 0 Å². The second-order valence-corrected chi connectivity index (χ2v) is 6.35. The first-order valence-electron chi connectivity index (χ1n) is 8.20. The van der Waals surface area contributed by atoms with E-state index in [2.05, 4.69) is 31.2 Å². The molecular weight excluding hydrogens is 278 g/mol. The van der Waals surface area contributed by atoms with Gasteiger partial charge in [-0.1, -0.05) is 31.2 Å². The Kier molecular flexibility index (Phi) is 4.56. The Morgan fingerprint density at radius 2 is 1.59 bits per heavy atom. The molecule has 0 saturated carbocycles. The van der Waals surface area contributed by atoms with Crippen molar-refractivity contribution in [3.05, 3.63) is 70.3 Å². The third-order valence-corrected chi connectivity index (χ3v) is 4.85. The Morgan fingerprint density at radius 3 is 2.27 bits per heavy atom. The summed E-state index contributed by atoms with van der Waals surface area (Å²) in [5.74, 6) is -0.856. The fourth-order valence-electron chi connectivity index (χ4n) is 3.38. The van der Waals surface area contributed by atoms with Gasteiger partial charge in [0.05, 0.1) is 0 Å². The second-order valence-electron chi connectivity index (χ2n) is 6.35. The average molecular weight is 300 g/mol. The lowest BCUT2D eigenvalue weighted by molar-refractivity contribution is 0.421. The minimum absolute atomic E-state index is 0.572. The van der Waals surface area contributed by atoms with E-state index >= 15 is 0 Å². The van der Waals surface area contributed by atoms with E-state index < -0.39 is 11.6 Å². The van der Waals surface area contributed by atoms with Crippen LogP contribution in [0.5, 0.6) is 0 Å². The monoisotopic (exact) mass is 300 g/mol. The largest absolute Gasteiger partial charge is 0.204 e. The van der Waals surface area contributed by atoms with Gasteiger partial charge in [0.1, 0.15) is 0 Å². The maximum atomic E-state index is 13.4. The molecule has 2 aromatic carbocycles. The molecule has 2 aromatic rings. The minimum atomic E-state index is -0.715. The van der Waals surface area contributed by atoms with E-state index in [4.69, 9.17) is 0 Å². The lowest BCUT2D eigenvalue weighted by atomic mass is 9.81. The van der Waals surface area contributed by atoms with Crippen LogP contribution in [-0.4, -0.2) is 0 Å². The smallest absolute Gasteiger partial charge is 0.159 e. The first kappa shape index (κ1) is 15.2. The Labute approximate surface area is 131 Å². The highest BCUT2D eigenvalue weighted by molar-refractivity contribution is 5.31. The Hall–Kier alpha value is -1.70. The first-order chi connectivity index (χ1) is 10.7. The molecule has 0 N–H and O–H groups in total. The van der Waals surface area contributed by atoms with Gasteiger partial charge in [-0.25, -0.2) is 8.78 Å². The summed E-state index contributed by atoms with van der Waals surface area (Å²) < 4.78 is 26.6. The number of halogens is 2. The van der Waals surface area contributed by atoms with E-state index in [0.29, 0.717) is 5.92 Å². The molecular formula is C20H22F2. The van der Waals surface area contributed by atoms with E-state index in [1.165, 1.54) is 23.3 Å². The van der Waals surface area contributed by atoms with Gasteiger partial charge in [-0.3, -0.25) is 0 Å². The summed E-state index contributed by atoms with van der Waals surface area (Å²) in [4.78, 5) is 0. The number of hydrogen-bond acceptors (Lipinski definition) is 0. The van der Waals surface area contributed by atoms with Crippen LogP contribution in [0.1, 0.15) is 42.0 Å². The molecule has 0 aromatic heterocycles. The molecule has 0 amide bonds. The van der Waals surface area contributed by atoms with E-state index in [0.717, 1.165) is 49.7 Å². The fourth-order valence-corrected chi connectivity index (χ4v) is 3.38. The molecule has 0 nitrogen and oxygen atoms in total. The first-order valence-corrected chi connectivity index (χ1v) is 8.20. The van der Waals surface area contributed by atoms with Crippen LogP contribution in [0.3, 0.4) is 0 Å². The Balaban J connectivity index is 1.61. The van der Waals surface area contributed by atoms with Crippen molar-refractivity contribution < 1.29 is 8.78 Å². The molecule has 0 aliphatic heterocycles. The van der Waals surface area contributed by atoms with Crippen molar-refractivity contribution in [3.63, 3.8) is 0 Å². The third-order valence-electron chi connectivity index (χ3n) is 4.85. The SMILES string of the molecule is CCc1ccc(CCC2CCc3cc(F)c(F)cc3C2)cc1. The van der Waals surface area contributed by atoms with Crippen molar-refractivity contribution in [2.45, 2.75) is 45.4 Å². The lowest BCUT2D eigenvalue weighted by Gasteiger charge is -2.24. The zero-order valence-electron chi connectivity index (χ0n) is 13.0. The number of hydrogen-bond donors (Lipinski definition) is 0. The highest BCUT2D eigenvalue weighted by Gasteiger charge is 2.20. The van der Waals surface area contributed by atoms with E-state index in [-0.39, 0.29) is 0 Å². The third kappa shape index (κ3) is 3.37. The molecule has 0 bridgehead atoms. The summed E-state index contributed by atoms with van der Waals surface area (Å²) in [6.07, 6.45) is 6.07. The molecule has 3 rings (SSSR count). The molecule has 0 spiro atoms. The average Bonchev–Trinajstić information content (AvgIpc) is 2.54. The Bertz CT molecular complexity index is 644.